The first-order valence-electron chi connectivity index (χ1n) is 4.96. The molecule has 0 saturated carbocycles. The summed E-state index contributed by atoms with van der Waals surface area (Å²) in [5.74, 6) is -0.812. The molecule has 2 nitrogen and oxygen atoms in total. The average Bonchev–Trinajstić information content (AvgIpc) is 2.31. The summed E-state index contributed by atoms with van der Waals surface area (Å²) in [7, 11) is 0. The Balaban J connectivity index is 2.68. The van der Waals surface area contributed by atoms with Crippen molar-refractivity contribution in [3.05, 3.63) is 51.8 Å². The van der Waals surface area contributed by atoms with Crippen LogP contribution in [0.2, 0.25) is 10.0 Å². The zero-order valence-electron chi connectivity index (χ0n) is 8.95. The molecule has 5 heteroatoms. The van der Waals surface area contributed by atoms with Gasteiger partial charge in [0.2, 0.25) is 0 Å². The van der Waals surface area contributed by atoms with Gasteiger partial charge in [0.25, 0.3) is 0 Å². The molecule has 0 aliphatic carbocycles. The van der Waals surface area contributed by atoms with E-state index in [-0.39, 0.29) is 26.9 Å². The predicted octanol–water partition coefficient (Wildman–Crippen LogP) is 4.32. The number of halogens is 3. The summed E-state index contributed by atoms with van der Waals surface area (Å²) in [5.41, 5.74) is 0.654. The van der Waals surface area contributed by atoms with Gasteiger partial charge in [-0.15, -0.1) is 0 Å². The van der Waals surface area contributed by atoms with E-state index in [1.807, 2.05) is 0 Å². The molecule has 2 aromatic rings. The molecule has 0 atom stereocenters. The average molecular weight is 285 g/mol. The normalized spacial score (nSPS) is 10.4. The van der Waals surface area contributed by atoms with Gasteiger partial charge in [-0.2, -0.15) is 0 Å². The summed E-state index contributed by atoms with van der Waals surface area (Å²) in [6.45, 7) is 0. The second kappa shape index (κ2) is 4.96. The number of aromatic hydroxyl groups is 1. The van der Waals surface area contributed by atoms with E-state index in [9.17, 15) is 9.18 Å². The van der Waals surface area contributed by atoms with Crippen LogP contribution < -0.4 is 0 Å². The van der Waals surface area contributed by atoms with Crippen LogP contribution in [0.4, 0.5) is 4.39 Å². The molecule has 2 aromatic carbocycles. The fourth-order valence-electron chi connectivity index (χ4n) is 1.61. The number of aldehydes is 1. The third-order valence-corrected chi connectivity index (χ3v) is 3.22. The zero-order chi connectivity index (χ0) is 13.3. The van der Waals surface area contributed by atoms with E-state index < -0.39 is 5.82 Å². The Hall–Kier alpha value is -1.58. The van der Waals surface area contributed by atoms with Crippen LogP contribution in [0.1, 0.15) is 10.4 Å². The Morgan fingerprint density at radius 3 is 2.39 bits per heavy atom. The van der Waals surface area contributed by atoms with Crippen molar-refractivity contribution in [2.24, 2.45) is 0 Å². The molecule has 1 N–H and O–H groups in total. The zero-order valence-corrected chi connectivity index (χ0v) is 10.5. The van der Waals surface area contributed by atoms with Crippen LogP contribution in [0.15, 0.2) is 30.3 Å². The Morgan fingerprint density at radius 1 is 1.11 bits per heavy atom. The molecule has 0 aromatic heterocycles. The Labute approximate surface area is 113 Å². The standard InChI is InChI=1S/C13H7Cl2FO2/c14-11-4-3-9(13(15)10(11)6-17)8-2-1-7(18)5-12(8)16/h1-6,18H. The minimum absolute atomic E-state index is 0.0853. The topological polar surface area (TPSA) is 37.3 Å². The van der Waals surface area contributed by atoms with E-state index in [0.29, 0.717) is 11.8 Å². The summed E-state index contributed by atoms with van der Waals surface area (Å²) >= 11 is 11.8. The Bertz CT molecular complexity index is 627. The summed E-state index contributed by atoms with van der Waals surface area (Å²) < 4.78 is 13.7. The van der Waals surface area contributed by atoms with Gasteiger partial charge < -0.3 is 5.11 Å². The quantitative estimate of drug-likeness (QED) is 0.834. The van der Waals surface area contributed by atoms with Crippen LogP contribution in [0.25, 0.3) is 11.1 Å². The highest BCUT2D eigenvalue weighted by Gasteiger charge is 2.14. The molecule has 0 radical (unpaired) electrons. The Kier molecular flexibility index (Phi) is 3.55. The van der Waals surface area contributed by atoms with E-state index in [2.05, 4.69) is 0 Å². The molecular weight excluding hydrogens is 278 g/mol. The van der Waals surface area contributed by atoms with Gasteiger partial charge in [0.1, 0.15) is 11.6 Å². The van der Waals surface area contributed by atoms with Crippen molar-refractivity contribution in [2.75, 3.05) is 0 Å². The van der Waals surface area contributed by atoms with Gasteiger partial charge >= 0.3 is 0 Å². The lowest BCUT2D eigenvalue weighted by molar-refractivity contribution is 0.112. The number of hydrogen-bond donors (Lipinski definition) is 1. The highest BCUT2D eigenvalue weighted by molar-refractivity contribution is 6.40. The highest BCUT2D eigenvalue weighted by atomic mass is 35.5. The van der Waals surface area contributed by atoms with E-state index in [1.54, 1.807) is 0 Å². The second-order valence-electron chi connectivity index (χ2n) is 3.60. The van der Waals surface area contributed by atoms with Crippen molar-refractivity contribution < 1.29 is 14.3 Å². The predicted molar refractivity (Wildman–Crippen MR) is 68.9 cm³/mol. The molecule has 0 amide bonds. The molecule has 0 unspecified atom stereocenters. The van der Waals surface area contributed by atoms with Crippen LogP contribution in [-0.4, -0.2) is 11.4 Å². The molecule has 0 bridgehead atoms. The molecule has 0 heterocycles. The number of rotatable bonds is 2. The minimum Gasteiger partial charge on any atom is -0.508 e. The largest absolute Gasteiger partial charge is 0.508 e. The maximum Gasteiger partial charge on any atom is 0.153 e. The van der Waals surface area contributed by atoms with Crippen molar-refractivity contribution in [2.45, 2.75) is 0 Å². The SMILES string of the molecule is O=Cc1c(Cl)ccc(-c2ccc(O)cc2F)c1Cl. The summed E-state index contributed by atoms with van der Waals surface area (Å²) in [5, 5.41) is 9.44. The number of carbonyl (C=O) groups is 1. The number of phenolic OH excluding ortho intramolecular Hbond substituents is 1. The molecule has 18 heavy (non-hydrogen) atoms. The first-order valence-corrected chi connectivity index (χ1v) is 5.72. The monoisotopic (exact) mass is 284 g/mol. The van der Waals surface area contributed by atoms with E-state index in [4.69, 9.17) is 28.3 Å². The highest BCUT2D eigenvalue weighted by Crippen LogP contribution is 2.35. The summed E-state index contributed by atoms with van der Waals surface area (Å²) in [6, 6.07) is 6.69. The fourth-order valence-corrected chi connectivity index (χ4v) is 2.17. The van der Waals surface area contributed by atoms with Gasteiger partial charge in [-0.05, 0) is 18.2 Å². The maximum atomic E-state index is 13.7. The molecule has 2 rings (SSSR count). The van der Waals surface area contributed by atoms with Crippen LogP contribution in [-0.2, 0) is 0 Å². The molecule has 0 aliphatic rings. The van der Waals surface area contributed by atoms with E-state index in [1.165, 1.54) is 24.3 Å². The van der Waals surface area contributed by atoms with Gasteiger partial charge in [-0.1, -0.05) is 29.3 Å². The molecular formula is C13H7Cl2FO2. The van der Waals surface area contributed by atoms with Crippen molar-refractivity contribution in [3.63, 3.8) is 0 Å². The van der Waals surface area contributed by atoms with Gasteiger partial charge in [0.05, 0.1) is 15.6 Å². The van der Waals surface area contributed by atoms with Crippen LogP contribution >= 0.6 is 23.2 Å². The Morgan fingerprint density at radius 2 is 1.78 bits per heavy atom. The smallest absolute Gasteiger partial charge is 0.153 e. The first-order chi connectivity index (χ1) is 8.54. The van der Waals surface area contributed by atoms with Crippen molar-refractivity contribution in [1.29, 1.82) is 0 Å². The van der Waals surface area contributed by atoms with Crippen LogP contribution in [0.3, 0.4) is 0 Å². The number of phenols is 1. The third kappa shape index (κ3) is 2.19. The fraction of sp³-hybridized carbons (Fsp3) is 0. The summed E-state index contributed by atoms with van der Waals surface area (Å²) in [4.78, 5) is 10.9. The van der Waals surface area contributed by atoms with Gasteiger partial charge in [0.15, 0.2) is 6.29 Å². The van der Waals surface area contributed by atoms with Crippen molar-refractivity contribution >= 4 is 29.5 Å². The molecule has 0 aliphatic heterocycles. The molecule has 0 spiro atoms. The van der Waals surface area contributed by atoms with Gasteiger partial charge in [0, 0.05) is 17.2 Å². The van der Waals surface area contributed by atoms with E-state index >= 15 is 0 Å². The molecule has 0 saturated heterocycles. The first kappa shape index (κ1) is 12.9. The van der Waals surface area contributed by atoms with Gasteiger partial charge in [-0.3, -0.25) is 4.79 Å². The van der Waals surface area contributed by atoms with Gasteiger partial charge in [-0.25, -0.2) is 4.39 Å². The lowest BCUT2D eigenvalue weighted by Crippen LogP contribution is -1.91. The lowest BCUT2D eigenvalue weighted by Gasteiger charge is -2.09. The van der Waals surface area contributed by atoms with Crippen LogP contribution in [0, 0.1) is 5.82 Å². The third-order valence-electron chi connectivity index (χ3n) is 2.49. The minimum atomic E-state index is -0.629. The van der Waals surface area contributed by atoms with Crippen molar-refractivity contribution in [1.82, 2.24) is 0 Å². The molecule has 0 fully saturated rings. The summed E-state index contributed by atoms with van der Waals surface area (Å²) in [6.07, 6.45) is 0.520. The number of carbonyl (C=O) groups excluding carboxylic acids is 1. The van der Waals surface area contributed by atoms with Crippen LogP contribution in [0.5, 0.6) is 5.75 Å². The number of benzene rings is 2. The second-order valence-corrected chi connectivity index (χ2v) is 4.39. The molecule has 92 valence electrons. The maximum absolute atomic E-state index is 13.7. The number of hydrogen-bond acceptors (Lipinski definition) is 2. The van der Waals surface area contributed by atoms with Crippen molar-refractivity contribution in [3.8, 4) is 16.9 Å². The van der Waals surface area contributed by atoms with E-state index in [0.717, 1.165) is 6.07 Å². The lowest BCUT2D eigenvalue weighted by atomic mass is 10.0.